The van der Waals surface area contributed by atoms with E-state index in [1.807, 2.05) is 24.3 Å². The summed E-state index contributed by atoms with van der Waals surface area (Å²) in [4.78, 5) is 23.9. The first-order valence-electron chi connectivity index (χ1n) is 7.38. The van der Waals surface area contributed by atoms with Crippen molar-refractivity contribution in [2.75, 3.05) is 0 Å². The zero-order chi connectivity index (χ0) is 15.5. The lowest BCUT2D eigenvalue weighted by molar-refractivity contribution is -0.148. The second-order valence-corrected chi connectivity index (χ2v) is 5.49. The Morgan fingerprint density at radius 1 is 1.29 bits per heavy atom. The molecule has 0 bridgehead atoms. The van der Waals surface area contributed by atoms with Gasteiger partial charge in [0, 0.05) is 6.54 Å². The minimum absolute atomic E-state index is 0.240. The number of amides is 1. The predicted octanol–water partition coefficient (Wildman–Crippen LogP) is 1.46. The third kappa shape index (κ3) is 3.08. The molecule has 0 spiro atoms. The summed E-state index contributed by atoms with van der Waals surface area (Å²) in [7, 11) is 0. The van der Waals surface area contributed by atoms with Gasteiger partial charge in [-0.1, -0.05) is 38.1 Å². The molecule has 0 radical (unpaired) electrons. The van der Waals surface area contributed by atoms with Gasteiger partial charge in [0.15, 0.2) is 0 Å². The van der Waals surface area contributed by atoms with Crippen LogP contribution in [0.5, 0.6) is 0 Å². The second kappa shape index (κ2) is 6.26. The molecule has 0 aliphatic carbocycles. The molecular weight excluding hydrogens is 268 g/mol. The van der Waals surface area contributed by atoms with Crippen molar-refractivity contribution in [3.05, 3.63) is 35.4 Å². The van der Waals surface area contributed by atoms with Crippen molar-refractivity contribution < 1.29 is 14.7 Å². The van der Waals surface area contributed by atoms with Crippen molar-refractivity contribution in [3.8, 4) is 0 Å². The summed E-state index contributed by atoms with van der Waals surface area (Å²) >= 11 is 0. The summed E-state index contributed by atoms with van der Waals surface area (Å²) in [5, 5.41) is 15.3. The molecule has 0 aromatic heterocycles. The van der Waals surface area contributed by atoms with Crippen LogP contribution in [0.1, 0.15) is 37.8 Å². The number of fused-ring (bicyclic) bond motifs is 1. The highest BCUT2D eigenvalue weighted by Gasteiger charge is 2.38. The topological polar surface area (TPSA) is 78.4 Å². The summed E-state index contributed by atoms with van der Waals surface area (Å²) in [5.74, 6) is -1.22. The van der Waals surface area contributed by atoms with Crippen LogP contribution >= 0.6 is 0 Å². The van der Waals surface area contributed by atoms with Crippen LogP contribution in [-0.2, 0) is 22.6 Å². The van der Waals surface area contributed by atoms with Gasteiger partial charge >= 0.3 is 5.97 Å². The van der Waals surface area contributed by atoms with E-state index in [0.717, 1.165) is 5.56 Å². The SMILES string of the molecule is CCC(CC)(NC(=O)[C@@H]1Cc2ccccc2CN1)C(=O)O. The molecule has 3 N–H and O–H groups in total. The van der Waals surface area contributed by atoms with Gasteiger partial charge in [-0.15, -0.1) is 0 Å². The molecule has 1 aromatic carbocycles. The van der Waals surface area contributed by atoms with Crippen LogP contribution in [0.4, 0.5) is 0 Å². The van der Waals surface area contributed by atoms with E-state index in [-0.39, 0.29) is 11.9 Å². The lowest BCUT2D eigenvalue weighted by Crippen LogP contribution is -2.59. The van der Waals surface area contributed by atoms with Crippen LogP contribution in [0.15, 0.2) is 24.3 Å². The lowest BCUT2D eigenvalue weighted by Gasteiger charge is -2.32. The number of benzene rings is 1. The fraction of sp³-hybridized carbons (Fsp3) is 0.500. The Morgan fingerprint density at radius 2 is 1.90 bits per heavy atom. The maximum absolute atomic E-state index is 12.4. The van der Waals surface area contributed by atoms with E-state index in [1.165, 1.54) is 5.56 Å². The first-order valence-corrected chi connectivity index (χ1v) is 7.38. The van der Waals surface area contributed by atoms with Crippen LogP contribution in [0.2, 0.25) is 0 Å². The number of hydrogen-bond acceptors (Lipinski definition) is 3. The summed E-state index contributed by atoms with van der Waals surface area (Å²) in [6, 6.07) is 7.61. The number of rotatable bonds is 5. The van der Waals surface area contributed by atoms with E-state index < -0.39 is 11.5 Å². The molecule has 0 fully saturated rings. The first kappa shape index (κ1) is 15.5. The molecular formula is C16H22N2O3. The summed E-state index contributed by atoms with van der Waals surface area (Å²) in [6.45, 7) is 4.19. The minimum Gasteiger partial charge on any atom is -0.480 e. The number of nitrogens with one attached hydrogen (secondary N) is 2. The average Bonchev–Trinajstić information content (AvgIpc) is 2.51. The number of carbonyl (C=O) groups excluding carboxylic acids is 1. The van der Waals surface area contributed by atoms with Gasteiger partial charge in [-0.3, -0.25) is 4.79 Å². The van der Waals surface area contributed by atoms with Crippen molar-refractivity contribution in [3.63, 3.8) is 0 Å². The lowest BCUT2D eigenvalue weighted by atomic mass is 9.90. The molecule has 5 heteroatoms. The summed E-state index contributed by atoms with van der Waals surface area (Å²) in [6.07, 6.45) is 1.33. The zero-order valence-corrected chi connectivity index (χ0v) is 12.5. The smallest absolute Gasteiger partial charge is 0.329 e. The summed E-state index contributed by atoms with van der Waals surface area (Å²) in [5.41, 5.74) is 1.16. The van der Waals surface area contributed by atoms with E-state index in [0.29, 0.717) is 25.8 Å². The number of carboxylic acid groups (broad SMARTS) is 1. The third-order valence-electron chi connectivity index (χ3n) is 4.38. The molecule has 0 saturated carbocycles. The fourth-order valence-corrected chi connectivity index (χ4v) is 2.75. The molecule has 1 aliphatic heterocycles. The van der Waals surface area contributed by atoms with Crippen molar-refractivity contribution in [2.45, 2.75) is 51.2 Å². The Morgan fingerprint density at radius 3 is 2.48 bits per heavy atom. The fourth-order valence-electron chi connectivity index (χ4n) is 2.75. The number of hydrogen-bond donors (Lipinski definition) is 3. The van der Waals surface area contributed by atoms with Gasteiger partial charge in [0.2, 0.25) is 5.91 Å². The van der Waals surface area contributed by atoms with Crippen molar-refractivity contribution in [1.82, 2.24) is 10.6 Å². The van der Waals surface area contributed by atoms with Gasteiger partial charge in [0.1, 0.15) is 5.54 Å². The largest absolute Gasteiger partial charge is 0.480 e. The zero-order valence-electron chi connectivity index (χ0n) is 12.5. The minimum atomic E-state index is -1.17. The van der Waals surface area contributed by atoms with E-state index >= 15 is 0 Å². The van der Waals surface area contributed by atoms with Crippen LogP contribution in [0.25, 0.3) is 0 Å². The number of carbonyl (C=O) groups is 2. The molecule has 1 amide bonds. The molecule has 0 unspecified atom stereocenters. The number of aliphatic carboxylic acids is 1. The molecule has 1 atom stereocenters. The maximum atomic E-state index is 12.4. The van der Waals surface area contributed by atoms with Gasteiger partial charge in [0.05, 0.1) is 6.04 Å². The van der Waals surface area contributed by atoms with Gasteiger partial charge < -0.3 is 15.7 Å². The van der Waals surface area contributed by atoms with Gasteiger partial charge in [-0.2, -0.15) is 0 Å². The van der Waals surface area contributed by atoms with Crippen LogP contribution in [0, 0.1) is 0 Å². The van der Waals surface area contributed by atoms with Gasteiger partial charge in [-0.05, 0) is 30.4 Å². The van der Waals surface area contributed by atoms with E-state index in [9.17, 15) is 14.7 Å². The quantitative estimate of drug-likeness (QED) is 0.767. The van der Waals surface area contributed by atoms with E-state index in [2.05, 4.69) is 10.6 Å². The Labute approximate surface area is 124 Å². The van der Waals surface area contributed by atoms with Crippen LogP contribution in [0.3, 0.4) is 0 Å². The number of carboxylic acids is 1. The van der Waals surface area contributed by atoms with Crippen LogP contribution in [-0.4, -0.2) is 28.6 Å². The highest BCUT2D eigenvalue weighted by atomic mass is 16.4. The maximum Gasteiger partial charge on any atom is 0.329 e. The van der Waals surface area contributed by atoms with Crippen molar-refractivity contribution in [2.24, 2.45) is 0 Å². The molecule has 5 nitrogen and oxygen atoms in total. The third-order valence-corrected chi connectivity index (χ3v) is 4.38. The predicted molar refractivity (Wildman–Crippen MR) is 79.9 cm³/mol. The Kier molecular flexibility index (Phi) is 4.63. The summed E-state index contributed by atoms with van der Waals surface area (Å²) < 4.78 is 0. The molecule has 0 saturated heterocycles. The molecule has 1 aromatic rings. The Hall–Kier alpha value is -1.88. The normalized spacial score (nSPS) is 17.9. The highest BCUT2D eigenvalue weighted by molar-refractivity contribution is 5.89. The molecule has 21 heavy (non-hydrogen) atoms. The van der Waals surface area contributed by atoms with Crippen molar-refractivity contribution in [1.29, 1.82) is 0 Å². The Balaban J connectivity index is 2.10. The van der Waals surface area contributed by atoms with E-state index in [4.69, 9.17) is 0 Å². The van der Waals surface area contributed by atoms with Gasteiger partial charge in [-0.25, -0.2) is 4.79 Å². The molecule has 2 rings (SSSR count). The standard InChI is InChI=1S/C16H22N2O3/c1-3-16(4-2,15(20)21)18-14(19)13-9-11-7-5-6-8-12(11)10-17-13/h5-8,13,17H,3-4,9-10H2,1-2H3,(H,18,19)(H,20,21)/t13-/m0/s1. The van der Waals surface area contributed by atoms with Crippen molar-refractivity contribution >= 4 is 11.9 Å². The highest BCUT2D eigenvalue weighted by Crippen LogP contribution is 2.19. The molecule has 1 aliphatic rings. The second-order valence-electron chi connectivity index (χ2n) is 5.49. The van der Waals surface area contributed by atoms with Crippen LogP contribution < -0.4 is 10.6 Å². The van der Waals surface area contributed by atoms with Gasteiger partial charge in [0.25, 0.3) is 0 Å². The molecule has 1 heterocycles. The first-order chi connectivity index (χ1) is 10.0. The molecule has 114 valence electrons. The Bertz CT molecular complexity index is 538. The van der Waals surface area contributed by atoms with E-state index in [1.54, 1.807) is 13.8 Å². The average molecular weight is 290 g/mol. The monoisotopic (exact) mass is 290 g/mol.